The normalized spacial score (nSPS) is 11.1. The molecule has 2 nitrogen and oxygen atoms in total. The zero-order chi connectivity index (χ0) is 11.7. The molecule has 0 bridgehead atoms. The molecule has 0 aliphatic heterocycles. The van der Waals surface area contributed by atoms with Crippen molar-refractivity contribution >= 4 is 27.5 Å². The van der Waals surface area contributed by atoms with Gasteiger partial charge in [0.15, 0.2) is 0 Å². The molecule has 0 amide bonds. The van der Waals surface area contributed by atoms with E-state index >= 15 is 0 Å². The van der Waals surface area contributed by atoms with Crippen molar-refractivity contribution in [3.63, 3.8) is 0 Å². The van der Waals surface area contributed by atoms with Crippen molar-refractivity contribution in [1.82, 2.24) is 9.55 Å². The maximum Gasteiger partial charge on any atom is 0.203 e. The topological polar surface area (TPSA) is 17.8 Å². The van der Waals surface area contributed by atoms with Crippen LogP contribution in [0.1, 0.15) is 19.9 Å². The first-order valence-corrected chi connectivity index (χ1v) is 6.25. The van der Waals surface area contributed by atoms with Crippen LogP contribution in [0, 0.1) is 0 Å². The molecule has 2 aromatic rings. The number of benzene rings is 1. The summed E-state index contributed by atoms with van der Waals surface area (Å²) in [5, 5.41) is 0.532. The Hall–Kier alpha value is -0.800. The van der Waals surface area contributed by atoms with Gasteiger partial charge in [0, 0.05) is 16.1 Å². The van der Waals surface area contributed by atoms with Gasteiger partial charge in [0.25, 0.3) is 0 Å². The predicted octanol–water partition coefficient (Wildman–Crippen LogP) is 4.55. The second kappa shape index (κ2) is 4.60. The van der Waals surface area contributed by atoms with Crippen LogP contribution < -0.4 is 0 Å². The zero-order valence-corrected chi connectivity index (χ0v) is 11.5. The molecule has 1 aromatic heterocycles. The van der Waals surface area contributed by atoms with Crippen LogP contribution in [0.4, 0.5) is 0 Å². The van der Waals surface area contributed by atoms with E-state index in [-0.39, 0.29) is 0 Å². The predicted molar refractivity (Wildman–Crippen MR) is 70.8 cm³/mol. The van der Waals surface area contributed by atoms with Crippen molar-refractivity contribution in [2.75, 3.05) is 0 Å². The van der Waals surface area contributed by atoms with Crippen molar-refractivity contribution in [1.29, 1.82) is 0 Å². The van der Waals surface area contributed by atoms with Crippen LogP contribution in [0.3, 0.4) is 0 Å². The molecular weight excluding hydrogens is 288 g/mol. The second-order valence-corrected chi connectivity index (χ2v) is 5.14. The summed E-state index contributed by atoms with van der Waals surface area (Å²) < 4.78 is 3.07. The quantitative estimate of drug-likeness (QED) is 0.795. The summed E-state index contributed by atoms with van der Waals surface area (Å²) in [6, 6.07) is 8.42. The average Bonchev–Trinajstić information content (AvgIpc) is 2.60. The van der Waals surface area contributed by atoms with Crippen LogP contribution in [-0.2, 0) is 0 Å². The lowest BCUT2D eigenvalue weighted by molar-refractivity contribution is 0.606. The standard InChI is InChI=1S/C12H12BrClN2/c1-8(2)16-11(7-15-12(16)14)9-4-3-5-10(13)6-9/h3-8H,1-2H3. The van der Waals surface area contributed by atoms with Crippen molar-refractivity contribution in [2.24, 2.45) is 0 Å². The van der Waals surface area contributed by atoms with Gasteiger partial charge in [0.2, 0.25) is 5.28 Å². The Balaban J connectivity index is 2.56. The number of hydrogen-bond donors (Lipinski definition) is 0. The Labute approximate surface area is 108 Å². The maximum absolute atomic E-state index is 6.07. The number of nitrogens with zero attached hydrogens (tertiary/aromatic N) is 2. The van der Waals surface area contributed by atoms with Gasteiger partial charge in [-0.2, -0.15) is 0 Å². The molecule has 84 valence electrons. The Morgan fingerprint density at radius 3 is 2.75 bits per heavy atom. The lowest BCUT2D eigenvalue weighted by Crippen LogP contribution is -2.02. The molecule has 0 spiro atoms. The molecule has 1 aromatic carbocycles. The third-order valence-electron chi connectivity index (χ3n) is 2.39. The summed E-state index contributed by atoms with van der Waals surface area (Å²) in [5.74, 6) is 0. The summed E-state index contributed by atoms with van der Waals surface area (Å²) in [5.41, 5.74) is 2.16. The Morgan fingerprint density at radius 1 is 1.38 bits per heavy atom. The maximum atomic E-state index is 6.07. The van der Waals surface area contributed by atoms with E-state index in [0.29, 0.717) is 11.3 Å². The summed E-state index contributed by atoms with van der Waals surface area (Å²) in [6.45, 7) is 4.18. The average molecular weight is 300 g/mol. The number of halogens is 2. The molecule has 16 heavy (non-hydrogen) atoms. The number of imidazole rings is 1. The van der Waals surface area contributed by atoms with Crippen LogP contribution in [0.25, 0.3) is 11.3 Å². The second-order valence-electron chi connectivity index (χ2n) is 3.89. The van der Waals surface area contributed by atoms with Gasteiger partial charge in [-0.3, -0.25) is 0 Å². The van der Waals surface area contributed by atoms with E-state index in [4.69, 9.17) is 11.6 Å². The van der Waals surface area contributed by atoms with Crippen LogP contribution in [0.2, 0.25) is 5.28 Å². The number of hydrogen-bond acceptors (Lipinski definition) is 1. The van der Waals surface area contributed by atoms with Gasteiger partial charge >= 0.3 is 0 Å². The van der Waals surface area contributed by atoms with Gasteiger partial charge < -0.3 is 4.57 Å². The number of rotatable bonds is 2. The lowest BCUT2D eigenvalue weighted by atomic mass is 10.1. The lowest BCUT2D eigenvalue weighted by Gasteiger charge is -2.13. The third kappa shape index (κ3) is 2.15. The fraction of sp³-hybridized carbons (Fsp3) is 0.250. The highest BCUT2D eigenvalue weighted by Crippen LogP contribution is 2.28. The minimum atomic E-state index is 0.295. The Kier molecular flexibility index (Phi) is 3.36. The van der Waals surface area contributed by atoms with Gasteiger partial charge in [-0.25, -0.2) is 4.98 Å². The van der Waals surface area contributed by atoms with Gasteiger partial charge in [-0.15, -0.1) is 0 Å². The minimum absolute atomic E-state index is 0.295. The molecule has 0 saturated heterocycles. The third-order valence-corrected chi connectivity index (χ3v) is 3.16. The first-order valence-electron chi connectivity index (χ1n) is 5.08. The molecule has 0 aliphatic carbocycles. The van der Waals surface area contributed by atoms with Crippen molar-refractivity contribution in [3.8, 4) is 11.3 Å². The smallest absolute Gasteiger partial charge is 0.203 e. The van der Waals surface area contributed by atoms with Crippen molar-refractivity contribution < 1.29 is 0 Å². The van der Waals surface area contributed by atoms with Crippen LogP contribution in [0.15, 0.2) is 34.9 Å². The highest BCUT2D eigenvalue weighted by Gasteiger charge is 2.12. The molecule has 2 rings (SSSR count). The molecule has 0 fully saturated rings. The summed E-state index contributed by atoms with van der Waals surface area (Å²) >= 11 is 9.53. The van der Waals surface area contributed by atoms with E-state index in [0.717, 1.165) is 15.7 Å². The van der Waals surface area contributed by atoms with Gasteiger partial charge in [-0.1, -0.05) is 28.1 Å². The molecule has 1 heterocycles. The monoisotopic (exact) mass is 298 g/mol. The van der Waals surface area contributed by atoms with Gasteiger partial charge in [0.05, 0.1) is 11.9 Å². The largest absolute Gasteiger partial charge is 0.312 e. The Morgan fingerprint density at radius 2 is 2.12 bits per heavy atom. The van der Waals surface area contributed by atoms with E-state index < -0.39 is 0 Å². The van der Waals surface area contributed by atoms with Crippen LogP contribution in [-0.4, -0.2) is 9.55 Å². The fourth-order valence-electron chi connectivity index (χ4n) is 1.69. The highest BCUT2D eigenvalue weighted by atomic mass is 79.9. The van der Waals surface area contributed by atoms with E-state index in [1.54, 1.807) is 0 Å². The van der Waals surface area contributed by atoms with Crippen LogP contribution >= 0.6 is 27.5 Å². The zero-order valence-electron chi connectivity index (χ0n) is 9.11. The molecule has 4 heteroatoms. The van der Waals surface area contributed by atoms with E-state index in [9.17, 15) is 0 Å². The SMILES string of the molecule is CC(C)n1c(-c2cccc(Br)c2)cnc1Cl. The van der Waals surface area contributed by atoms with E-state index in [1.165, 1.54) is 0 Å². The summed E-state index contributed by atoms with van der Waals surface area (Å²) in [4.78, 5) is 4.16. The summed E-state index contributed by atoms with van der Waals surface area (Å²) in [6.07, 6.45) is 1.81. The molecular formula is C12H12BrClN2. The first kappa shape index (κ1) is 11.7. The highest BCUT2D eigenvalue weighted by molar-refractivity contribution is 9.10. The molecule has 0 aliphatic rings. The molecule has 0 saturated carbocycles. The van der Waals surface area contributed by atoms with E-state index in [2.05, 4.69) is 46.9 Å². The van der Waals surface area contributed by atoms with E-state index in [1.807, 2.05) is 22.9 Å². The molecule has 0 N–H and O–H groups in total. The minimum Gasteiger partial charge on any atom is -0.312 e. The molecule has 0 unspecified atom stereocenters. The first-order chi connectivity index (χ1) is 7.59. The number of aromatic nitrogens is 2. The Bertz CT molecular complexity index is 505. The van der Waals surface area contributed by atoms with Crippen LogP contribution in [0.5, 0.6) is 0 Å². The summed E-state index contributed by atoms with van der Waals surface area (Å²) in [7, 11) is 0. The molecule has 0 atom stereocenters. The van der Waals surface area contributed by atoms with Crippen molar-refractivity contribution in [3.05, 3.63) is 40.2 Å². The van der Waals surface area contributed by atoms with Gasteiger partial charge in [0.1, 0.15) is 0 Å². The van der Waals surface area contributed by atoms with Crippen molar-refractivity contribution in [2.45, 2.75) is 19.9 Å². The molecule has 0 radical (unpaired) electrons. The fourth-order valence-corrected chi connectivity index (χ4v) is 2.43. The van der Waals surface area contributed by atoms with Gasteiger partial charge in [-0.05, 0) is 37.6 Å².